The van der Waals surface area contributed by atoms with Gasteiger partial charge >= 0.3 is 0 Å². The molecule has 0 fully saturated rings. The Kier molecular flexibility index (Phi) is 2.54. The molecular weight excluding hydrogens is 280 g/mol. The summed E-state index contributed by atoms with van der Waals surface area (Å²) in [7, 11) is 0. The van der Waals surface area contributed by atoms with Crippen molar-refractivity contribution >= 4 is 43.5 Å². The number of aryl methyl sites for hydroxylation is 1. The van der Waals surface area contributed by atoms with Crippen molar-refractivity contribution in [3.8, 4) is 0 Å². The van der Waals surface area contributed by atoms with E-state index in [-0.39, 0.29) is 0 Å². The predicted molar refractivity (Wildman–Crippen MR) is 98.1 cm³/mol. The zero-order chi connectivity index (χ0) is 15.4. The van der Waals surface area contributed by atoms with Gasteiger partial charge in [0.15, 0.2) is 0 Å². The number of benzene rings is 4. The molecule has 0 aliphatic rings. The molecule has 0 bridgehead atoms. The van der Waals surface area contributed by atoms with E-state index in [2.05, 4.69) is 73.7 Å². The van der Waals surface area contributed by atoms with Gasteiger partial charge in [-0.25, -0.2) is 0 Å². The summed E-state index contributed by atoms with van der Waals surface area (Å²) in [6, 6.07) is 23.7. The molecule has 0 N–H and O–H groups in total. The fourth-order valence-corrected chi connectivity index (χ4v) is 3.72. The lowest BCUT2D eigenvalue weighted by Crippen LogP contribution is -1.83. The molecule has 5 rings (SSSR count). The maximum atomic E-state index is 6.29. The molecule has 0 atom stereocenters. The fraction of sp³-hybridized carbons (Fsp3) is 0.0909. The molecule has 5 aromatic rings. The second kappa shape index (κ2) is 4.60. The number of fused-ring (bicyclic) bond motifs is 7. The van der Waals surface area contributed by atoms with Crippen molar-refractivity contribution in [1.29, 1.82) is 0 Å². The van der Waals surface area contributed by atoms with Crippen molar-refractivity contribution in [2.24, 2.45) is 0 Å². The van der Waals surface area contributed by atoms with Crippen molar-refractivity contribution < 1.29 is 4.42 Å². The molecular formula is C22H16O. The van der Waals surface area contributed by atoms with E-state index < -0.39 is 0 Å². The van der Waals surface area contributed by atoms with Gasteiger partial charge in [-0.2, -0.15) is 0 Å². The summed E-state index contributed by atoms with van der Waals surface area (Å²) in [6.07, 6.45) is 0.971. The Morgan fingerprint density at radius 1 is 0.739 bits per heavy atom. The first kappa shape index (κ1) is 12.7. The molecule has 23 heavy (non-hydrogen) atoms. The van der Waals surface area contributed by atoms with Crippen LogP contribution in [0.3, 0.4) is 0 Å². The van der Waals surface area contributed by atoms with Crippen LogP contribution >= 0.6 is 0 Å². The fourth-order valence-electron chi connectivity index (χ4n) is 3.72. The lowest BCUT2D eigenvalue weighted by Gasteiger charge is -2.05. The molecule has 0 spiro atoms. The summed E-state index contributed by atoms with van der Waals surface area (Å²) < 4.78 is 6.29. The van der Waals surface area contributed by atoms with E-state index in [0.29, 0.717) is 0 Å². The van der Waals surface area contributed by atoms with Gasteiger partial charge in [0.05, 0.1) is 0 Å². The zero-order valence-corrected chi connectivity index (χ0v) is 13.0. The van der Waals surface area contributed by atoms with Crippen LogP contribution in [0.4, 0.5) is 0 Å². The molecule has 4 aromatic carbocycles. The molecule has 0 aliphatic carbocycles. The van der Waals surface area contributed by atoms with E-state index in [1.165, 1.54) is 37.9 Å². The van der Waals surface area contributed by atoms with Crippen molar-refractivity contribution in [3.05, 3.63) is 72.3 Å². The molecule has 0 amide bonds. The molecule has 1 aromatic heterocycles. The summed E-state index contributed by atoms with van der Waals surface area (Å²) in [5.41, 5.74) is 3.29. The number of hydrogen-bond acceptors (Lipinski definition) is 1. The van der Waals surface area contributed by atoms with E-state index in [0.717, 1.165) is 17.6 Å². The minimum absolute atomic E-state index is 0.971. The van der Waals surface area contributed by atoms with Crippen molar-refractivity contribution in [2.75, 3.05) is 0 Å². The first-order valence-electron chi connectivity index (χ1n) is 8.11. The van der Waals surface area contributed by atoms with Gasteiger partial charge in [-0.05, 0) is 45.7 Å². The average molecular weight is 296 g/mol. The van der Waals surface area contributed by atoms with E-state index in [4.69, 9.17) is 4.42 Å². The Bertz CT molecular complexity index is 1190. The van der Waals surface area contributed by atoms with Crippen LogP contribution in [0, 0.1) is 0 Å². The van der Waals surface area contributed by atoms with Crippen molar-refractivity contribution in [3.63, 3.8) is 0 Å². The van der Waals surface area contributed by atoms with E-state index in [1.807, 2.05) is 0 Å². The van der Waals surface area contributed by atoms with Gasteiger partial charge in [0.25, 0.3) is 0 Å². The summed E-state index contributed by atoms with van der Waals surface area (Å²) >= 11 is 0. The van der Waals surface area contributed by atoms with Crippen LogP contribution in [0.25, 0.3) is 43.5 Å². The smallest absolute Gasteiger partial charge is 0.139 e. The standard InChI is InChI=1S/C22H16O/c1-2-14-13-16-8-4-6-10-18(16)21-20-17-9-5-3-7-15(17)11-12-19(20)23-22(14)21/h3-13H,2H2,1H3. The van der Waals surface area contributed by atoms with Gasteiger partial charge < -0.3 is 4.42 Å². The van der Waals surface area contributed by atoms with Crippen LogP contribution in [0.2, 0.25) is 0 Å². The van der Waals surface area contributed by atoms with E-state index in [1.54, 1.807) is 0 Å². The summed E-state index contributed by atoms with van der Waals surface area (Å²) in [6.45, 7) is 2.19. The minimum Gasteiger partial charge on any atom is -0.456 e. The Morgan fingerprint density at radius 3 is 2.22 bits per heavy atom. The van der Waals surface area contributed by atoms with Crippen LogP contribution in [0.15, 0.2) is 71.1 Å². The molecule has 0 saturated carbocycles. The molecule has 1 heterocycles. The molecule has 0 radical (unpaired) electrons. The summed E-state index contributed by atoms with van der Waals surface area (Å²) in [5, 5.41) is 7.58. The zero-order valence-electron chi connectivity index (χ0n) is 13.0. The van der Waals surface area contributed by atoms with Gasteiger partial charge in [0.2, 0.25) is 0 Å². The maximum absolute atomic E-state index is 6.29. The Morgan fingerprint density at radius 2 is 1.43 bits per heavy atom. The second-order valence-corrected chi connectivity index (χ2v) is 6.08. The summed E-state index contributed by atoms with van der Waals surface area (Å²) in [5.74, 6) is 0. The molecule has 1 heteroatoms. The number of furan rings is 1. The summed E-state index contributed by atoms with van der Waals surface area (Å²) in [4.78, 5) is 0. The Labute approximate surface area is 134 Å². The van der Waals surface area contributed by atoms with Gasteiger partial charge in [0.1, 0.15) is 11.2 Å². The first-order valence-corrected chi connectivity index (χ1v) is 8.11. The monoisotopic (exact) mass is 296 g/mol. The molecule has 1 nitrogen and oxygen atoms in total. The van der Waals surface area contributed by atoms with Gasteiger partial charge in [0, 0.05) is 10.8 Å². The lowest BCUT2D eigenvalue weighted by atomic mass is 9.97. The first-order chi connectivity index (χ1) is 11.4. The van der Waals surface area contributed by atoms with Gasteiger partial charge in [-0.1, -0.05) is 61.5 Å². The maximum Gasteiger partial charge on any atom is 0.139 e. The average Bonchev–Trinajstić information content (AvgIpc) is 3.01. The highest BCUT2D eigenvalue weighted by molar-refractivity contribution is 6.26. The van der Waals surface area contributed by atoms with Crippen LogP contribution in [-0.4, -0.2) is 0 Å². The highest BCUT2D eigenvalue weighted by Crippen LogP contribution is 2.40. The third-order valence-corrected chi connectivity index (χ3v) is 4.81. The van der Waals surface area contributed by atoms with Crippen LogP contribution in [-0.2, 0) is 6.42 Å². The Balaban J connectivity index is 2.16. The van der Waals surface area contributed by atoms with Crippen molar-refractivity contribution in [1.82, 2.24) is 0 Å². The molecule has 110 valence electrons. The highest BCUT2D eigenvalue weighted by Gasteiger charge is 2.15. The third-order valence-electron chi connectivity index (χ3n) is 4.81. The SMILES string of the molecule is CCc1cc2ccccc2c2c1oc1ccc3ccccc3c12. The molecule has 0 unspecified atom stereocenters. The van der Waals surface area contributed by atoms with Crippen LogP contribution in [0.5, 0.6) is 0 Å². The number of hydrogen-bond donors (Lipinski definition) is 0. The normalized spacial score (nSPS) is 11.9. The van der Waals surface area contributed by atoms with Crippen LogP contribution in [0.1, 0.15) is 12.5 Å². The lowest BCUT2D eigenvalue weighted by molar-refractivity contribution is 0.664. The van der Waals surface area contributed by atoms with Gasteiger partial charge in [-0.3, -0.25) is 0 Å². The second-order valence-electron chi connectivity index (χ2n) is 6.08. The minimum atomic E-state index is 0.971. The van der Waals surface area contributed by atoms with E-state index in [9.17, 15) is 0 Å². The van der Waals surface area contributed by atoms with E-state index >= 15 is 0 Å². The van der Waals surface area contributed by atoms with Crippen LogP contribution < -0.4 is 0 Å². The molecule has 0 saturated heterocycles. The topological polar surface area (TPSA) is 13.1 Å². The Hall–Kier alpha value is -2.80. The number of rotatable bonds is 1. The largest absolute Gasteiger partial charge is 0.456 e. The highest BCUT2D eigenvalue weighted by atomic mass is 16.3. The quantitative estimate of drug-likeness (QED) is 0.346. The van der Waals surface area contributed by atoms with Gasteiger partial charge in [-0.15, -0.1) is 0 Å². The van der Waals surface area contributed by atoms with Crippen molar-refractivity contribution in [2.45, 2.75) is 13.3 Å². The molecule has 0 aliphatic heterocycles. The predicted octanol–water partition coefficient (Wildman–Crippen LogP) is 6.45. The third kappa shape index (κ3) is 1.68.